The number of carbonyl (C=O) groups is 1. The Labute approximate surface area is 99.6 Å². The van der Waals surface area contributed by atoms with Crippen LogP contribution in [-0.2, 0) is 0 Å². The second kappa shape index (κ2) is 5.14. The van der Waals surface area contributed by atoms with Crippen molar-refractivity contribution in [3.05, 3.63) is 34.2 Å². The lowest BCUT2D eigenvalue weighted by atomic mass is 10.0. The van der Waals surface area contributed by atoms with Crippen LogP contribution in [0.4, 0.5) is 0 Å². The van der Waals surface area contributed by atoms with Crippen molar-refractivity contribution in [2.75, 3.05) is 13.1 Å². The summed E-state index contributed by atoms with van der Waals surface area (Å²) < 4.78 is 0. The number of hydrogen-bond donors (Lipinski definition) is 2. The smallest absolute Gasteiger partial charge is 0.270 e. The van der Waals surface area contributed by atoms with Gasteiger partial charge in [0.1, 0.15) is 5.69 Å². The standard InChI is InChI=1S/C12H17N3O2/c13-8-9-4-1-2-7-15(9)12(17)10-5-3-6-11(16)14-10/h3,5-6,9H,1-2,4,7-8,13H2,(H,14,16). The fraction of sp³-hybridized carbons (Fsp3) is 0.500. The number of piperidine rings is 1. The molecular weight excluding hydrogens is 218 g/mol. The van der Waals surface area contributed by atoms with Gasteiger partial charge in [-0.05, 0) is 25.3 Å². The van der Waals surface area contributed by atoms with E-state index in [1.165, 1.54) is 6.07 Å². The largest absolute Gasteiger partial charge is 0.333 e. The van der Waals surface area contributed by atoms with Crippen molar-refractivity contribution in [3.63, 3.8) is 0 Å². The van der Waals surface area contributed by atoms with Gasteiger partial charge in [-0.1, -0.05) is 6.07 Å². The van der Waals surface area contributed by atoms with Crippen LogP contribution in [0.1, 0.15) is 29.8 Å². The predicted molar refractivity (Wildman–Crippen MR) is 64.8 cm³/mol. The van der Waals surface area contributed by atoms with Gasteiger partial charge in [0, 0.05) is 25.2 Å². The molecule has 0 aromatic carbocycles. The maximum atomic E-state index is 12.2. The molecule has 1 saturated heterocycles. The fourth-order valence-corrected chi connectivity index (χ4v) is 2.24. The number of nitrogens with two attached hydrogens (primary N) is 1. The summed E-state index contributed by atoms with van der Waals surface area (Å²) in [5.74, 6) is -0.127. The second-order valence-corrected chi connectivity index (χ2v) is 4.31. The number of likely N-dealkylation sites (tertiary alicyclic amines) is 1. The van der Waals surface area contributed by atoms with Crippen LogP contribution in [0.15, 0.2) is 23.0 Å². The molecule has 0 aliphatic carbocycles. The van der Waals surface area contributed by atoms with Gasteiger partial charge in [0.2, 0.25) is 5.56 Å². The third-order valence-corrected chi connectivity index (χ3v) is 3.16. The highest BCUT2D eigenvalue weighted by Crippen LogP contribution is 2.17. The Bertz CT molecular complexity index is 455. The summed E-state index contributed by atoms with van der Waals surface area (Å²) >= 11 is 0. The van der Waals surface area contributed by atoms with Crippen LogP contribution in [0.25, 0.3) is 0 Å². The maximum absolute atomic E-state index is 12.2. The molecule has 5 heteroatoms. The number of aromatic nitrogens is 1. The summed E-state index contributed by atoms with van der Waals surface area (Å²) in [5.41, 5.74) is 5.77. The van der Waals surface area contributed by atoms with E-state index >= 15 is 0 Å². The minimum absolute atomic E-state index is 0.0972. The predicted octanol–water partition coefficient (Wildman–Crippen LogP) is 0.328. The van der Waals surface area contributed by atoms with E-state index < -0.39 is 0 Å². The average molecular weight is 235 g/mol. The van der Waals surface area contributed by atoms with E-state index in [1.54, 1.807) is 17.0 Å². The van der Waals surface area contributed by atoms with E-state index in [4.69, 9.17) is 5.73 Å². The second-order valence-electron chi connectivity index (χ2n) is 4.31. The van der Waals surface area contributed by atoms with E-state index in [9.17, 15) is 9.59 Å². The number of pyridine rings is 1. The van der Waals surface area contributed by atoms with E-state index in [-0.39, 0.29) is 17.5 Å². The quantitative estimate of drug-likeness (QED) is 0.775. The molecule has 0 saturated carbocycles. The van der Waals surface area contributed by atoms with E-state index in [0.717, 1.165) is 25.8 Å². The Morgan fingerprint density at radius 1 is 1.47 bits per heavy atom. The SMILES string of the molecule is NCC1CCCCN1C(=O)c1cccc(=O)[nH]1. The zero-order chi connectivity index (χ0) is 12.3. The van der Waals surface area contributed by atoms with Gasteiger partial charge < -0.3 is 15.6 Å². The number of rotatable bonds is 2. The summed E-state index contributed by atoms with van der Waals surface area (Å²) in [6.45, 7) is 1.19. The molecule has 17 heavy (non-hydrogen) atoms. The zero-order valence-corrected chi connectivity index (χ0v) is 9.69. The lowest BCUT2D eigenvalue weighted by Gasteiger charge is -2.34. The van der Waals surface area contributed by atoms with Crippen molar-refractivity contribution < 1.29 is 4.79 Å². The molecule has 3 N–H and O–H groups in total. The number of aromatic amines is 1. The molecule has 0 bridgehead atoms. The van der Waals surface area contributed by atoms with E-state index in [0.29, 0.717) is 12.2 Å². The molecule has 1 amide bonds. The van der Waals surface area contributed by atoms with Crippen LogP contribution in [0.3, 0.4) is 0 Å². The number of carbonyl (C=O) groups excluding carboxylic acids is 1. The van der Waals surface area contributed by atoms with Gasteiger partial charge in [-0.15, -0.1) is 0 Å². The van der Waals surface area contributed by atoms with E-state index in [1.807, 2.05) is 0 Å². The van der Waals surface area contributed by atoms with Crippen LogP contribution in [-0.4, -0.2) is 34.9 Å². The van der Waals surface area contributed by atoms with Crippen LogP contribution < -0.4 is 11.3 Å². The molecule has 92 valence electrons. The van der Waals surface area contributed by atoms with Gasteiger partial charge in [0.25, 0.3) is 5.91 Å². The summed E-state index contributed by atoms with van der Waals surface area (Å²) in [6, 6.07) is 4.72. The Morgan fingerprint density at radius 3 is 3.00 bits per heavy atom. The Morgan fingerprint density at radius 2 is 2.29 bits per heavy atom. The van der Waals surface area contributed by atoms with Gasteiger partial charge in [-0.3, -0.25) is 9.59 Å². The first kappa shape index (κ1) is 11.9. The fourth-order valence-electron chi connectivity index (χ4n) is 2.24. The van der Waals surface area contributed by atoms with Gasteiger partial charge in [-0.2, -0.15) is 0 Å². The van der Waals surface area contributed by atoms with Crippen molar-refractivity contribution in [2.24, 2.45) is 5.73 Å². The number of amides is 1. The summed E-state index contributed by atoms with van der Waals surface area (Å²) in [4.78, 5) is 27.7. The highest BCUT2D eigenvalue weighted by atomic mass is 16.2. The summed E-state index contributed by atoms with van der Waals surface area (Å²) in [5, 5.41) is 0. The number of hydrogen-bond acceptors (Lipinski definition) is 3. The highest BCUT2D eigenvalue weighted by molar-refractivity contribution is 5.92. The molecule has 1 unspecified atom stereocenters. The van der Waals surface area contributed by atoms with Crippen molar-refractivity contribution in [1.29, 1.82) is 0 Å². The van der Waals surface area contributed by atoms with Crippen LogP contribution in [0, 0.1) is 0 Å². The molecule has 1 aliphatic heterocycles. The Hall–Kier alpha value is -1.62. The normalized spacial score (nSPS) is 20.3. The third kappa shape index (κ3) is 2.55. The molecule has 1 aromatic heterocycles. The first-order valence-electron chi connectivity index (χ1n) is 5.93. The lowest BCUT2D eigenvalue weighted by molar-refractivity contribution is 0.0617. The van der Waals surface area contributed by atoms with Gasteiger partial charge >= 0.3 is 0 Å². The molecular formula is C12H17N3O2. The molecule has 2 heterocycles. The van der Waals surface area contributed by atoms with Crippen molar-refractivity contribution in [2.45, 2.75) is 25.3 Å². The Balaban J connectivity index is 2.21. The molecule has 0 radical (unpaired) electrons. The number of H-pyrrole nitrogens is 1. The third-order valence-electron chi connectivity index (χ3n) is 3.16. The highest BCUT2D eigenvalue weighted by Gasteiger charge is 2.26. The monoisotopic (exact) mass is 235 g/mol. The van der Waals surface area contributed by atoms with Crippen LogP contribution in [0.2, 0.25) is 0 Å². The molecule has 0 spiro atoms. The molecule has 5 nitrogen and oxygen atoms in total. The number of nitrogens with zero attached hydrogens (tertiary/aromatic N) is 1. The maximum Gasteiger partial charge on any atom is 0.270 e. The average Bonchev–Trinajstić information content (AvgIpc) is 2.38. The Kier molecular flexibility index (Phi) is 3.58. The molecule has 1 aromatic rings. The molecule has 1 fully saturated rings. The lowest BCUT2D eigenvalue weighted by Crippen LogP contribution is -2.47. The van der Waals surface area contributed by atoms with Crippen molar-refractivity contribution >= 4 is 5.91 Å². The van der Waals surface area contributed by atoms with Crippen molar-refractivity contribution in [1.82, 2.24) is 9.88 Å². The van der Waals surface area contributed by atoms with Crippen molar-refractivity contribution in [3.8, 4) is 0 Å². The van der Waals surface area contributed by atoms with Gasteiger partial charge in [0.05, 0.1) is 0 Å². The minimum atomic E-state index is -0.253. The topological polar surface area (TPSA) is 79.2 Å². The zero-order valence-electron chi connectivity index (χ0n) is 9.69. The first-order chi connectivity index (χ1) is 8.22. The molecule has 1 aliphatic rings. The van der Waals surface area contributed by atoms with Crippen LogP contribution >= 0.6 is 0 Å². The summed E-state index contributed by atoms with van der Waals surface area (Å²) in [7, 11) is 0. The van der Waals surface area contributed by atoms with E-state index in [2.05, 4.69) is 4.98 Å². The molecule has 1 atom stereocenters. The first-order valence-corrected chi connectivity index (χ1v) is 5.93. The van der Waals surface area contributed by atoms with Gasteiger partial charge in [0.15, 0.2) is 0 Å². The van der Waals surface area contributed by atoms with Gasteiger partial charge in [-0.25, -0.2) is 0 Å². The minimum Gasteiger partial charge on any atom is -0.333 e. The summed E-state index contributed by atoms with van der Waals surface area (Å²) in [6.07, 6.45) is 3.05. The molecule has 2 rings (SSSR count). The van der Waals surface area contributed by atoms with Crippen LogP contribution in [0.5, 0.6) is 0 Å². The number of nitrogens with one attached hydrogen (secondary N) is 1.